The molecule has 1 amide bonds. The molecule has 0 saturated carbocycles. The number of nitrogens with two attached hydrogens (primary N) is 1. The summed E-state index contributed by atoms with van der Waals surface area (Å²) in [5.41, 5.74) is 7.38. The van der Waals surface area contributed by atoms with Crippen LogP contribution in [0, 0.1) is 0 Å². The first-order valence-corrected chi connectivity index (χ1v) is 8.01. The number of hydrogen-bond donors (Lipinski definition) is 2. The van der Waals surface area contributed by atoms with Crippen molar-refractivity contribution in [1.82, 2.24) is 15.1 Å². The van der Waals surface area contributed by atoms with Gasteiger partial charge in [0, 0.05) is 31.7 Å². The van der Waals surface area contributed by atoms with Crippen molar-refractivity contribution in [2.75, 3.05) is 44.7 Å². The third-order valence-corrected chi connectivity index (χ3v) is 3.95. The Hall–Kier alpha value is -2.55. The second-order valence-electron chi connectivity index (χ2n) is 5.60. The molecule has 0 aliphatic carbocycles. The van der Waals surface area contributed by atoms with Gasteiger partial charge in [-0.2, -0.15) is 0 Å². The summed E-state index contributed by atoms with van der Waals surface area (Å²) in [4.78, 5) is 14.1. The lowest BCUT2D eigenvalue weighted by molar-refractivity contribution is 0.0398. The van der Waals surface area contributed by atoms with Gasteiger partial charge in [0.05, 0.1) is 24.5 Å². The molecule has 8 heteroatoms. The number of aromatic nitrogens is 2. The van der Waals surface area contributed by atoms with Gasteiger partial charge in [-0.05, 0) is 6.07 Å². The molecule has 1 aliphatic rings. The minimum Gasteiger partial charge on any atom is -0.412 e. The van der Waals surface area contributed by atoms with Crippen LogP contribution in [0.25, 0.3) is 11.3 Å². The highest BCUT2D eigenvalue weighted by atomic mass is 16.5. The maximum atomic E-state index is 11.8. The molecule has 25 heavy (non-hydrogen) atoms. The first kappa shape index (κ1) is 18.8. The monoisotopic (exact) mass is 345 g/mol. The number of ether oxygens (including phenoxy) is 1. The van der Waals surface area contributed by atoms with Crippen LogP contribution in [0.1, 0.15) is 10.4 Å². The Kier molecular flexibility index (Phi) is 6.81. The van der Waals surface area contributed by atoms with Crippen molar-refractivity contribution in [1.29, 1.82) is 0 Å². The average Bonchev–Trinajstić information content (AvgIpc) is 2.63. The molecule has 2 heterocycles. The third kappa shape index (κ3) is 4.96. The van der Waals surface area contributed by atoms with E-state index in [0.29, 0.717) is 23.6 Å². The van der Waals surface area contributed by atoms with Gasteiger partial charge in [-0.3, -0.25) is 9.69 Å². The van der Waals surface area contributed by atoms with Gasteiger partial charge in [0.25, 0.3) is 5.91 Å². The average molecular weight is 345 g/mol. The number of hydrogen-bond acceptors (Lipinski definition) is 6. The van der Waals surface area contributed by atoms with E-state index in [9.17, 15) is 4.79 Å². The number of anilines is 1. The van der Waals surface area contributed by atoms with Gasteiger partial charge >= 0.3 is 0 Å². The molecule has 134 valence electrons. The molecular weight excluding hydrogens is 322 g/mol. The summed E-state index contributed by atoms with van der Waals surface area (Å²) < 4.78 is 5.32. The minimum atomic E-state index is -0.518. The molecular formula is C17H23N5O3. The summed E-state index contributed by atoms with van der Waals surface area (Å²) in [5.74, 6) is -0.0913. The Morgan fingerprint density at radius 3 is 2.60 bits per heavy atom. The number of carbonyl (C=O) groups excluding carboxylic acids is 1. The zero-order valence-corrected chi connectivity index (χ0v) is 13.9. The number of benzene rings is 1. The number of morpholine rings is 1. The number of primary amides is 1. The summed E-state index contributed by atoms with van der Waals surface area (Å²) in [6, 6.07) is 11.3. The van der Waals surface area contributed by atoms with E-state index in [1.807, 2.05) is 30.3 Å². The Morgan fingerprint density at radius 2 is 1.92 bits per heavy atom. The zero-order valence-electron chi connectivity index (χ0n) is 13.9. The summed E-state index contributed by atoms with van der Waals surface area (Å²) in [5, 5.41) is 11.5. The van der Waals surface area contributed by atoms with Crippen molar-refractivity contribution in [2.45, 2.75) is 0 Å². The predicted octanol–water partition coefficient (Wildman–Crippen LogP) is 0.162. The molecule has 0 unspecified atom stereocenters. The van der Waals surface area contributed by atoms with Gasteiger partial charge in [-0.1, -0.05) is 30.3 Å². The number of rotatable bonds is 6. The topological polar surface area (TPSA) is 125 Å². The molecule has 1 saturated heterocycles. The van der Waals surface area contributed by atoms with Crippen molar-refractivity contribution in [3.8, 4) is 11.3 Å². The van der Waals surface area contributed by atoms with Crippen molar-refractivity contribution >= 4 is 11.7 Å². The highest BCUT2D eigenvalue weighted by Crippen LogP contribution is 2.20. The van der Waals surface area contributed by atoms with Crippen molar-refractivity contribution in [3.05, 3.63) is 42.0 Å². The fourth-order valence-corrected chi connectivity index (χ4v) is 2.62. The Labute approximate surface area is 146 Å². The van der Waals surface area contributed by atoms with Crippen LogP contribution in [0.3, 0.4) is 0 Å². The highest BCUT2D eigenvalue weighted by molar-refractivity contribution is 5.98. The van der Waals surface area contributed by atoms with Gasteiger partial charge in [0.2, 0.25) is 0 Å². The van der Waals surface area contributed by atoms with Crippen LogP contribution in [-0.4, -0.2) is 65.9 Å². The van der Waals surface area contributed by atoms with E-state index in [4.69, 9.17) is 10.5 Å². The van der Waals surface area contributed by atoms with E-state index >= 15 is 0 Å². The predicted molar refractivity (Wildman–Crippen MR) is 95.3 cm³/mol. The largest absolute Gasteiger partial charge is 0.412 e. The van der Waals surface area contributed by atoms with Crippen LogP contribution >= 0.6 is 0 Å². The molecule has 1 fully saturated rings. The minimum absolute atomic E-state index is 0. The fraction of sp³-hybridized carbons (Fsp3) is 0.353. The fourth-order valence-electron chi connectivity index (χ4n) is 2.62. The maximum Gasteiger partial charge on any atom is 0.252 e. The lowest BCUT2D eigenvalue weighted by Gasteiger charge is -2.26. The van der Waals surface area contributed by atoms with Gasteiger partial charge in [-0.25, -0.2) is 0 Å². The molecule has 0 atom stereocenters. The zero-order chi connectivity index (χ0) is 16.8. The van der Waals surface area contributed by atoms with Crippen LogP contribution in [0.2, 0.25) is 0 Å². The summed E-state index contributed by atoms with van der Waals surface area (Å²) >= 11 is 0. The standard InChI is InChI=1S/C17H21N5O2.H2O/c18-16(23)14-12-15(13-4-2-1-3-5-13)20-21-17(14)19-6-7-22-8-10-24-11-9-22;/h1-5,12H,6-11H2,(H2,18,23)(H,19,21);1H2. The normalized spacial score (nSPS) is 14.6. The molecule has 3 rings (SSSR count). The lowest BCUT2D eigenvalue weighted by atomic mass is 10.1. The molecule has 0 radical (unpaired) electrons. The maximum absolute atomic E-state index is 11.8. The van der Waals surface area contributed by atoms with E-state index in [1.165, 1.54) is 0 Å². The first-order chi connectivity index (χ1) is 11.7. The molecule has 0 spiro atoms. The smallest absolute Gasteiger partial charge is 0.252 e. The summed E-state index contributed by atoms with van der Waals surface area (Å²) in [7, 11) is 0. The van der Waals surface area contributed by atoms with Crippen LogP contribution in [0.15, 0.2) is 36.4 Å². The third-order valence-electron chi connectivity index (χ3n) is 3.95. The molecule has 5 N–H and O–H groups in total. The molecule has 1 aromatic heterocycles. The van der Waals surface area contributed by atoms with E-state index in [0.717, 1.165) is 38.4 Å². The number of nitrogens with one attached hydrogen (secondary N) is 1. The molecule has 1 aromatic carbocycles. The van der Waals surface area contributed by atoms with Gasteiger partial charge in [-0.15, -0.1) is 10.2 Å². The number of nitrogens with zero attached hydrogens (tertiary/aromatic N) is 3. The molecule has 2 aromatic rings. The quantitative estimate of drug-likeness (QED) is 0.768. The molecule has 8 nitrogen and oxygen atoms in total. The van der Waals surface area contributed by atoms with Crippen molar-refractivity contribution in [3.63, 3.8) is 0 Å². The van der Waals surface area contributed by atoms with Crippen molar-refractivity contribution < 1.29 is 15.0 Å². The van der Waals surface area contributed by atoms with Gasteiger partial charge < -0.3 is 21.3 Å². The second-order valence-corrected chi connectivity index (χ2v) is 5.60. The van der Waals surface area contributed by atoms with E-state index in [1.54, 1.807) is 6.07 Å². The number of amides is 1. The van der Waals surface area contributed by atoms with Gasteiger partial charge in [0.1, 0.15) is 0 Å². The molecule has 0 bridgehead atoms. The summed E-state index contributed by atoms with van der Waals surface area (Å²) in [6.45, 7) is 4.88. The van der Waals surface area contributed by atoms with Crippen LogP contribution in [-0.2, 0) is 4.74 Å². The first-order valence-electron chi connectivity index (χ1n) is 8.01. The Balaban J connectivity index is 0.00000225. The van der Waals surface area contributed by atoms with Crippen LogP contribution < -0.4 is 11.1 Å². The Morgan fingerprint density at radius 1 is 1.20 bits per heavy atom. The van der Waals surface area contributed by atoms with Crippen LogP contribution in [0.4, 0.5) is 5.82 Å². The van der Waals surface area contributed by atoms with Crippen LogP contribution in [0.5, 0.6) is 0 Å². The summed E-state index contributed by atoms with van der Waals surface area (Å²) in [6.07, 6.45) is 0. The second kappa shape index (κ2) is 9.07. The van der Waals surface area contributed by atoms with E-state index in [2.05, 4.69) is 20.4 Å². The Bertz CT molecular complexity index is 690. The van der Waals surface area contributed by atoms with E-state index in [-0.39, 0.29) is 5.48 Å². The SMILES string of the molecule is NC(=O)c1cc(-c2ccccc2)nnc1NCCN1CCOCC1.O. The molecule has 1 aliphatic heterocycles. The highest BCUT2D eigenvalue weighted by Gasteiger charge is 2.14. The van der Waals surface area contributed by atoms with Gasteiger partial charge in [0.15, 0.2) is 5.82 Å². The van der Waals surface area contributed by atoms with Crippen molar-refractivity contribution in [2.24, 2.45) is 5.73 Å². The lowest BCUT2D eigenvalue weighted by Crippen LogP contribution is -2.39. The number of carbonyl (C=O) groups is 1. The van der Waals surface area contributed by atoms with E-state index < -0.39 is 5.91 Å².